The van der Waals surface area contributed by atoms with Gasteiger partial charge in [-0.25, -0.2) is 4.79 Å². The number of alkyl halides is 3. The number of esters is 1. The third kappa shape index (κ3) is 4.00. The van der Waals surface area contributed by atoms with E-state index in [9.17, 15) is 22.8 Å². The number of fused-ring (bicyclic) bond motifs is 1. The van der Waals surface area contributed by atoms with Gasteiger partial charge in [0.15, 0.2) is 0 Å². The molecule has 1 aliphatic carbocycles. The van der Waals surface area contributed by atoms with Gasteiger partial charge >= 0.3 is 12.1 Å². The molecule has 27 heavy (non-hydrogen) atoms. The Hall–Kier alpha value is -2.35. The number of carbonyl (C=O) groups excluding carboxylic acids is 2. The highest BCUT2D eigenvalue weighted by Crippen LogP contribution is 2.39. The molecule has 0 bridgehead atoms. The Morgan fingerprint density at radius 2 is 1.89 bits per heavy atom. The number of benzene rings is 1. The third-order valence-corrected chi connectivity index (χ3v) is 5.56. The van der Waals surface area contributed by atoms with Gasteiger partial charge in [0.05, 0.1) is 23.3 Å². The van der Waals surface area contributed by atoms with Crippen LogP contribution in [0.3, 0.4) is 0 Å². The number of rotatable bonds is 4. The zero-order valence-electron chi connectivity index (χ0n) is 14.6. The number of hydrogen-bond acceptors (Lipinski definition) is 4. The van der Waals surface area contributed by atoms with Crippen LogP contribution in [0.15, 0.2) is 24.3 Å². The summed E-state index contributed by atoms with van der Waals surface area (Å²) in [6.07, 6.45) is -1.29. The minimum absolute atomic E-state index is 0.174. The predicted molar refractivity (Wildman–Crippen MR) is 96.3 cm³/mol. The van der Waals surface area contributed by atoms with E-state index in [2.05, 4.69) is 5.32 Å². The van der Waals surface area contributed by atoms with Crippen LogP contribution < -0.4 is 5.32 Å². The molecule has 0 aliphatic heterocycles. The van der Waals surface area contributed by atoms with Gasteiger partial charge in [0.25, 0.3) is 5.91 Å². The first kappa shape index (κ1) is 19.4. The summed E-state index contributed by atoms with van der Waals surface area (Å²) in [5.41, 5.74) is -0.383. The van der Waals surface area contributed by atoms with Crippen molar-refractivity contribution in [3.8, 4) is 0 Å². The van der Waals surface area contributed by atoms with Crippen molar-refractivity contribution in [1.29, 1.82) is 0 Å². The Bertz CT molecular complexity index is 874. The van der Waals surface area contributed by atoms with Crippen LogP contribution in [0.1, 0.15) is 56.5 Å². The van der Waals surface area contributed by atoms with E-state index in [1.165, 1.54) is 23.5 Å². The Labute approximate surface area is 158 Å². The minimum atomic E-state index is -4.65. The molecule has 144 valence electrons. The van der Waals surface area contributed by atoms with Crippen LogP contribution >= 0.6 is 11.3 Å². The third-order valence-electron chi connectivity index (χ3n) is 4.36. The molecule has 1 amide bonds. The number of hydrogen-bond donors (Lipinski definition) is 1. The van der Waals surface area contributed by atoms with Gasteiger partial charge in [0.1, 0.15) is 5.00 Å². The molecular formula is C19H18F3NO3S. The maximum atomic E-state index is 13.2. The zero-order valence-corrected chi connectivity index (χ0v) is 15.4. The molecule has 8 heteroatoms. The molecule has 2 aromatic rings. The van der Waals surface area contributed by atoms with Crippen LogP contribution in [-0.4, -0.2) is 18.5 Å². The second-order valence-corrected chi connectivity index (χ2v) is 7.24. The number of thiophene rings is 1. The minimum Gasteiger partial charge on any atom is -0.462 e. The normalized spacial score (nSPS) is 13.8. The molecular weight excluding hydrogens is 379 g/mol. The van der Waals surface area contributed by atoms with E-state index >= 15 is 0 Å². The molecule has 1 aromatic carbocycles. The van der Waals surface area contributed by atoms with E-state index in [0.29, 0.717) is 6.42 Å². The molecule has 0 fully saturated rings. The van der Waals surface area contributed by atoms with Gasteiger partial charge in [0, 0.05) is 4.88 Å². The van der Waals surface area contributed by atoms with Crippen LogP contribution in [-0.2, 0) is 23.8 Å². The molecule has 4 nitrogen and oxygen atoms in total. The number of nitrogens with one attached hydrogen (secondary N) is 1. The Morgan fingerprint density at radius 3 is 2.59 bits per heavy atom. The lowest BCUT2D eigenvalue weighted by Crippen LogP contribution is -2.19. The largest absolute Gasteiger partial charge is 0.462 e. The molecule has 3 rings (SSSR count). The van der Waals surface area contributed by atoms with E-state index < -0.39 is 29.2 Å². The average molecular weight is 397 g/mol. The number of halogens is 3. The Balaban J connectivity index is 1.98. The highest BCUT2D eigenvalue weighted by Gasteiger charge is 2.35. The fourth-order valence-corrected chi connectivity index (χ4v) is 4.44. The second kappa shape index (κ2) is 7.72. The first-order valence-electron chi connectivity index (χ1n) is 8.62. The summed E-state index contributed by atoms with van der Waals surface area (Å²) in [6.45, 7) is 1.85. The summed E-state index contributed by atoms with van der Waals surface area (Å²) in [5.74, 6) is -1.46. The van der Waals surface area contributed by atoms with Gasteiger partial charge in [-0.15, -0.1) is 11.3 Å². The van der Waals surface area contributed by atoms with Gasteiger partial charge in [-0.05, 0) is 50.3 Å². The van der Waals surface area contributed by atoms with E-state index in [1.54, 1.807) is 6.92 Å². The van der Waals surface area contributed by atoms with Crippen molar-refractivity contribution in [3.05, 3.63) is 51.4 Å². The number of aryl methyl sites for hydroxylation is 1. The zero-order chi connectivity index (χ0) is 19.6. The van der Waals surface area contributed by atoms with Crippen LogP contribution in [0, 0.1) is 0 Å². The van der Waals surface area contributed by atoms with Crippen molar-refractivity contribution in [2.24, 2.45) is 0 Å². The van der Waals surface area contributed by atoms with Crippen LogP contribution in [0.4, 0.5) is 18.2 Å². The summed E-state index contributed by atoms with van der Waals surface area (Å²) >= 11 is 1.24. The van der Waals surface area contributed by atoms with Gasteiger partial charge in [-0.1, -0.05) is 12.1 Å². The Morgan fingerprint density at radius 1 is 1.19 bits per heavy atom. The summed E-state index contributed by atoms with van der Waals surface area (Å²) in [6, 6.07) is 4.58. The number of amides is 1. The molecule has 1 aliphatic rings. The van der Waals surface area contributed by atoms with Crippen molar-refractivity contribution in [2.75, 3.05) is 11.9 Å². The molecule has 0 radical (unpaired) electrons. The Kier molecular flexibility index (Phi) is 5.55. The maximum Gasteiger partial charge on any atom is 0.417 e. The molecule has 0 spiro atoms. The number of ether oxygens (including phenoxy) is 1. The summed E-state index contributed by atoms with van der Waals surface area (Å²) in [5, 5.41) is 2.77. The summed E-state index contributed by atoms with van der Waals surface area (Å²) in [7, 11) is 0. The first-order valence-corrected chi connectivity index (χ1v) is 9.43. The number of carbonyl (C=O) groups is 2. The van der Waals surface area contributed by atoms with E-state index in [4.69, 9.17) is 4.74 Å². The van der Waals surface area contributed by atoms with Crippen LogP contribution in [0.5, 0.6) is 0 Å². The molecule has 0 unspecified atom stereocenters. The fourth-order valence-electron chi connectivity index (χ4n) is 3.17. The van der Waals surface area contributed by atoms with Crippen molar-refractivity contribution in [3.63, 3.8) is 0 Å². The highest BCUT2D eigenvalue weighted by atomic mass is 32.1. The average Bonchev–Trinajstić information content (AvgIpc) is 2.99. The standard InChI is InChI=1S/C19H18F3NO3S/c1-2-26-18(25)15-12-8-4-6-10-14(12)27-17(15)23-16(24)11-7-3-5-9-13(11)19(20,21)22/h3,5,7,9H,2,4,6,8,10H2,1H3,(H,23,24). The topological polar surface area (TPSA) is 55.4 Å². The van der Waals surface area contributed by atoms with Crippen molar-refractivity contribution in [2.45, 2.75) is 38.8 Å². The van der Waals surface area contributed by atoms with E-state index in [-0.39, 0.29) is 17.2 Å². The lowest BCUT2D eigenvalue weighted by Gasteiger charge is -2.13. The van der Waals surface area contributed by atoms with Crippen molar-refractivity contribution >= 4 is 28.2 Å². The van der Waals surface area contributed by atoms with Crippen LogP contribution in [0.2, 0.25) is 0 Å². The molecule has 1 N–H and O–H groups in total. The van der Waals surface area contributed by atoms with E-state index in [1.807, 2.05) is 0 Å². The lowest BCUT2D eigenvalue weighted by atomic mass is 9.95. The van der Waals surface area contributed by atoms with Crippen molar-refractivity contribution in [1.82, 2.24) is 0 Å². The maximum absolute atomic E-state index is 13.2. The van der Waals surface area contributed by atoms with Gasteiger partial charge in [-0.2, -0.15) is 13.2 Å². The van der Waals surface area contributed by atoms with Crippen molar-refractivity contribution < 1.29 is 27.5 Å². The number of anilines is 1. The quantitative estimate of drug-likeness (QED) is 0.733. The van der Waals surface area contributed by atoms with E-state index in [0.717, 1.165) is 41.8 Å². The fraction of sp³-hybridized carbons (Fsp3) is 0.368. The molecule has 0 atom stereocenters. The first-order chi connectivity index (χ1) is 12.8. The van der Waals surface area contributed by atoms with Gasteiger partial charge in [0.2, 0.25) is 0 Å². The second-order valence-electron chi connectivity index (χ2n) is 6.13. The molecule has 1 heterocycles. The smallest absolute Gasteiger partial charge is 0.417 e. The monoisotopic (exact) mass is 397 g/mol. The predicted octanol–water partition coefficient (Wildman–Crippen LogP) is 5.07. The highest BCUT2D eigenvalue weighted by molar-refractivity contribution is 7.17. The molecule has 0 saturated carbocycles. The van der Waals surface area contributed by atoms with Gasteiger partial charge in [-0.3, -0.25) is 4.79 Å². The van der Waals surface area contributed by atoms with Gasteiger partial charge < -0.3 is 10.1 Å². The summed E-state index contributed by atoms with van der Waals surface area (Å²) in [4.78, 5) is 25.9. The van der Waals surface area contributed by atoms with Crippen LogP contribution in [0.25, 0.3) is 0 Å². The molecule has 0 saturated heterocycles. The lowest BCUT2D eigenvalue weighted by molar-refractivity contribution is -0.137. The summed E-state index contributed by atoms with van der Waals surface area (Å²) < 4.78 is 44.7. The molecule has 1 aromatic heterocycles. The SMILES string of the molecule is CCOC(=O)c1c(NC(=O)c2ccccc2C(F)(F)F)sc2c1CCCC2.